The molecular formula is C14H17N3O. The molecule has 18 heavy (non-hydrogen) atoms. The van der Waals surface area contributed by atoms with Gasteiger partial charge < -0.3 is 10.5 Å². The second-order valence-corrected chi connectivity index (χ2v) is 4.17. The number of hydrogen-bond acceptors (Lipinski definition) is 4. The van der Waals surface area contributed by atoms with Crippen LogP contribution in [-0.4, -0.2) is 17.3 Å². The van der Waals surface area contributed by atoms with Crippen LogP contribution >= 0.6 is 0 Å². The van der Waals surface area contributed by atoms with Gasteiger partial charge in [0.15, 0.2) is 0 Å². The lowest BCUT2D eigenvalue weighted by Crippen LogP contribution is -2.11. The Morgan fingerprint density at radius 1 is 1.17 bits per heavy atom. The third kappa shape index (κ3) is 3.28. The first-order valence-electron chi connectivity index (χ1n) is 5.94. The van der Waals surface area contributed by atoms with Crippen molar-refractivity contribution in [3.63, 3.8) is 0 Å². The fourth-order valence-corrected chi connectivity index (χ4v) is 1.80. The van der Waals surface area contributed by atoms with E-state index in [0.717, 1.165) is 24.2 Å². The molecule has 0 fully saturated rings. The van der Waals surface area contributed by atoms with Crippen LogP contribution in [0.15, 0.2) is 42.7 Å². The SMILES string of the molecule is COc1ccc(CCC(N)c2ccnnc2)cc1. The summed E-state index contributed by atoms with van der Waals surface area (Å²) in [4.78, 5) is 0. The van der Waals surface area contributed by atoms with Crippen molar-refractivity contribution in [2.75, 3.05) is 7.11 Å². The summed E-state index contributed by atoms with van der Waals surface area (Å²) in [5.41, 5.74) is 8.39. The summed E-state index contributed by atoms with van der Waals surface area (Å²) in [6.07, 6.45) is 5.22. The summed E-state index contributed by atoms with van der Waals surface area (Å²) >= 11 is 0. The number of rotatable bonds is 5. The Hall–Kier alpha value is -1.94. The maximum atomic E-state index is 6.11. The van der Waals surface area contributed by atoms with Crippen LogP contribution in [0.3, 0.4) is 0 Å². The zero-order valence-electron chi connectivity index (χ0n) is 10.4. The van der Waals surface area contributed by atoms with Gasteiger partial charge in [-0.05, 0) is 42.2 Å². The topological polar surface area (TPSA) is 61.0 Å². The predicted octanol–water partition coefficient (Wildman–Crippen LogP) is 2.12. The van der Waals surface area contributed by atoms with Gasteiger partial charge in [-0.25, -0.2) is 0 Å². The van der Waals surface area contributed by atoms with Gasteiger partial charge in [-0.3, -0.25) is 0 Å². The Kier molecular flexibility index (Phi) is 4.25. The molecule has 94 valence electrons. The lowest BCUT2D eigenvalue weighted by atomic mass is 10.0. The molecule has 0 aliphatic rings. The predicted molar refractivity (Wildman–Crippen MR) is 70.3 cm³/mol. The van der Waals surface area contributed by atoms with Gasteiger partial charge in [0, 0.05) is 12.2 Å². The third-order valence-electron chi connectivity index (χ3n) is 2.94. The molecule has 0 radical (unpaired) electrons. The smallest absolute Gasteiger partial charge is 0.118 e. The standard InChI is InChI=1S/C14H17N3O/c1-18-13-5-2-11(3-6-13)4-7-14(15)12-8-9-16-17-10-12/h2-3,5-6,8-10,14H,4,7,15H2,1H3. The monoisotopic (exact) mass is 243 g/mol. The average Bonchev–Trinajstić information content (AvgIpc) is 2.46. The normalized spacial score (nSPS) is 12.1. The maximum Gasteiger partial charge on any atom is 0.118 e. The lowest BCUT2D eigenvalue weighted by Gasteiger charge is -2.11. The molecular weight excluding hydrogens is 226 g/mol. The summed E-state index contributed by atoms with van der Waals surface area (Å²) in [6.45, 7) is 0. The number of ether oxygens (including phenoxy) is 1. The zero-order chi connectivity index (χ0) is 12.8. The van der Waals surface area contributed by atoms with Crippen molar-refractivity contribution in [1.29, 1.82) is 0 Å². The second-order valence-electron chi connectivity index (χ2n) is 4.17. The molecule has 0 saturated heterocycles. The van der Waals surface area contributed by atoms with Gasteiger partial charge in [-0.2, -0.15) is 10.2 Å². The van der Waals surface area contributed by atoms with Crippen molar-refractivity contribution >= 4 is 0 Å². The van der Waals surface area contributed by atoms with Gasteiger partial charge in [0.25, 0.3) is 0 Å². The molecule has 2 N–H and O–H groups in total. The molecule has 0 aliphatic heterocycles. The molecule has 1 unspecified atom stereocenters. The number of aryl methyl sites for hydroxylation is 1. The van der Waals surface area contributed by atoms with Crippen LogP contribution < -0.4 is 10.5 Å². The summed E-state index contributed by atoms with van der Waals surface area (Å²) in [5, 5.41) is 7.58. The highest BCUT2D eigenvalue weighted by molar-refractivity contribution is 5.27. The van der Waals surface area contributed by atoms with Gasteiger partial charge >= 0.3 is 0 Å². The molecule has 0 aliphatic carbocycles. The van der Waals surface area contributed by atoms with E-state index in [-0.39, 0.29) is 6.04 Å². The summed E-state index contributed by atoms with van der Waals surface area (Å²) in [7, 11) is 1.67. The second kappa shape index (κ2) is 6.12. The Morgan fingerprint density at radius 2 is 1.94 bits per heavy atom. The van der Waals surface area contributed by atoms with Gasteiger partial charge in [-0.15, -0.1) is 0 Å². The van der Waals surface area contributed by atoms with Crippen LogP contribution in [-0.2, 0) is 6.42 Å². The molecule has 4 heteroatoms. The molecule has 0 spiro atoms. The summed E-state index contributed by atoms with van der Waals surface area (Å²) < 4.78 is 5.12. The van der Waals surface area contributed by atoms with Crippen LogP contribution in [0.1, 0.15) is 23.6 Å². The molecule has 1 atom stereocenters. The van der Waals surface area contributed by atoms with E-state index in [1.807, 2.05) is 18.2 Å². The summed E-state index contributed by atoms with van der Waals surface area (Å²) in [6, 6.07) is 9.98. The molecule has 1 heterocycles. The van der Waals surface area contributed by atoms with Gasteiger partial charge in [0.05, 0.1) is 13.3 Å². The van der Waals surface area contributed by atoms with Crippen LogP contribution in [0.5, 0.6) is 5.75 Å². The number of aromatic nitrogens is 2. The highest BCUT2D eigenvalue weighted by atomic mass is 16.5. The van der Waals surface area contributed by atoms with Crippen LogP contribution in [0.25, 0.3) is 0 Å². The van der Waals surface area contributed by atoms with Gasteiger partial charge in [0.2, 0.25) is 0 Å². The van der Waals surface area contributed by atoms with Crippen molar-refractivity contribution in [3.8, 4) is 5.75 Å². The average molecular weight is 243 g/mol. The minimum atomic E-state index is 0.00241. The first kappa shape index (κ1) is 12.5. The summed E-state index contributed by atoms with van der Waals surface area (Å²) in [5.74, 6) is 0.876. The van der Waals surface area contributed by atoms with E-state index >= 15 is 0 Å². The van der Waals surface area contributed by atoms with Crippen molar-refractivity contribution in [2.45, 2.75) is 18.9 Å². The molecule has 4 nitrogen and oxygen atoms in total. The van der Waals surface area contributed by atoms with Crippen LogP contribution in [0, 0.1) is 0 Å². The quantitative estimate of drug-likeness (QED) is 0.873. The van der Waals surface area contributed by atoms with Crippen molar-refractivity contribution in [2.24, 2.45) is 5.73 Å². The number of nitrogens with two attached hydrogens (primary N) is 1. The first-order valence-corrected chi connectivity index (χ1v) is 5.94. The molecule has 2 rings (SSSR count). The molecule has 1 aromatic carbocycles. The molecule has 0 amide bonds. The van der Waals surface area contributed by atoms with E-state index in [1.165, 1.54) is 5.56 Å². The lowest BCUT2D eigenvalue weighted by molar-refractivity contribution is 0.414. The highest BCUT2D eigenvalue weighted by Gasteiger charge is 2.06. The molecule has 2 aromatic rings. The Balaban J connectivity index is 1.91. The van der Waals surface area contributed by atoms with Crippen molar-refractivity contribution in [3.05, 3.63) is 53.9 Å². The van der Waals surface area contributed by atoms with Crippen LogP contribution in [0.4, 0.5) is 0 Å². The minimum absolute atomic E-state index is 0.00241. The largest absolute Gasteiger partial charge is 0.497 e. The van der Waals surface area contributed by atoms with Gasteiger partial charge in [0.1, 0.15) is 5.75 Å². The van der Waals surface area contributed by atoms with E-state index in [4.69, 9.17) is 10.5 Å². The van der Waals surface area contributed by atoms with Crippen molar-refractivity contribution in [1.82, 2.24) is 10.2 Å². The number of benzene rings is 1. The maximum absolute atomic E-state index is 6.11. The third-order valence-corrected chi connectivity index (χ3v) is 2.94. The molecule has 0 saturated carbocycles. The van der Waals surface area contributed by atoms with E-state index < -0.39 is 0 Å². The Bertz CT molecular complexity index is 470. The number of nitrogens with zero attached hydrogens (tertiary/aromatic N) is 2. The zero-order valence-corrected chi connectivity index (χ0v) is 10.4. The number of hydrogen-bond donors (Lipinski definition) is 1. The molecule has 1 aromatic heterocycles. The van der Waals surface area contributed by atoms with E-state index in [0.29, 0.717) is 0 Å². The Morgan fingerprint density at radius 3 is 2.56 bits per heavy atom. The fraction of sp³-hybridized carbons (Fsp3) is 0.286. The first-order chi connectivity index (χ1) is 8.79. The van der Waals surface area contributed by atoms with Crippen molar-refractivity contribution < 1.29 is 4.74 Å². The van der Waals surface area contributed by atoms with E-state index in [2.05, 4.69) is 22.3 Å². The van der Waals surface area contributed by atoms with E-state index in [1.54, 1.807) is 19.5 Å². The van der Waals surface area contributed by atoms with E-state index in [9.17, 15) is 0 Å². The highest BCUT2D eigenvalue weighted by Crippen LogP contribution is 2.17. The van der Waals surface area contributed by atoms with Crippen LogP contribution in [0.2, 0.25) is 0 Å². The fourth-order valence-electron chi connectivity index (χ4n) is 1.80. The minimum Gasteiger partial charge on any atom is -0.497 e. The number of methoxy groups -OCH3 is 1. The Labute approximate surface area is 107 Å². The van der Waals surface area contributed by atoms with Gasteiger partial charge in [-0.1, -0.05) is 12.1 Å². The molecule has 0 bridgehead atoms.